The molecule has 0 unspecified atom stereocenters. The first kappa shape index (κ1) is 13.2. The van der Waals surface area contributed by atoms with Crippen molar-refractivity contribution in [3.63, 3.8) is 0 Å². The predicted octanol–water partition coefficient (Wildman–Crippen LogP) is 2.79. The fourth-order valence-corrected chi connectivity index (χ4v) is 2.26. The van der Waals surface area contributed by atoms with Gasteiger partial charge in [-0.2, -0.15) is 0 Å². The van der Waals surface area contributed by atoms with Crippen LogP contribution >= 0.6 is 0 Å². The van der Waals surface area contributed by atoms with Gasteiger partial charge in [0.15, 0.2) is 0 Å². The Hall–Kier alpha value is -2.82. The lowest BCUT2D eigenvalue weighted by Gasteiger charge is -2.10. The number of nitrogens with zero attached hydrogens (tertiary/aromatic N) is 3. The third-order valence-electron chi connectivity index (χ3n) is 3.32. The summed E-state index contributed by atoms with van der Waals surface area (Å²) in [5.41, 5.74) is 4.64. The summed E-state index contributed by atoms with van der Waals surface area (Å²) >= 11 is 0. The molecule has 5 heteroatoms. The number of aryl methyl sites for hydroxylation is 1. The van der Waals surface area contributed by atoms with Crippen molar-refractivity contribution in [2.75, 3.05) is 7.11 Å². The molecule has 3 aromatic rings. The zero-order valence-electron chi connectivity index (χ0n) is 11.7. The van der Waals surface area contributed by atoms with Crippen molar-refractivity contribution in [2.24, 2.45) is 0 Å². The number of benzene rings is 1. The van der Waals surface area contributed by atoms with Gasteiger partial charge in [0.1, 0.15) is 0 Å². The molecule has 0 aliphatic heterocycles. The van der Waals surface area contributed by atoms with E-state index in [1.54, 1.807) is 36.9 Å². The molecule has 0 saturated carbocycles. The molecule has 0 spiro atoms. The first-order chi connectivity index (χ1) is 10.2. The zero-order chi connectivity index (χ0) is 14.8. The van der Waals surface area contributed by atoms with E-state index in [0.29, 0.717) is 11.1 Å². The number of ether oxygens (including phenoxy) is 1. The maximum absolute atomic E-state index is 11.8. The number of hydrogen-bond acceptors (Lipinski definition) is 5. The number of hydrogen-bond donors (Lipinski definition) is 0. The lowest BCUT2D eigenvalue weighted by molar-refractivity contribution is 0.0601. The number of fused-ring (bicyclic) bond motifs is 1. The van der Waals surface area contributed by atoms with E-state index in [9.17, 15) is 4.79 Å². The quantitative estimate of drug-likeness (QED) is 0.675. The summed E-state index contributed by atoms with van der Waals surface area (Å²) in [4.78, 5) is 24.7. The van der Waals surface area contributed by atoms with Gasteiger partial charge >= 0.3 is 5.97 Å². The molecule has 5 nitrogen and oxygen atoms in total. The number of rotatable bonds is 2. The van der Waals surface area contributed by atoms with Gasteiger partial charge in [-0.15, -0.1) is 0 Å². The SMILES string of the molecule is COC(=O)c1cc(-c2cnccc2C)c2nccnc2c1. The summed E-state index contributed by atoms with van der Waals surface area (Å²) in [7, 11) is 1.36. The Balaban J connectivity index is 2.34. The number of pyridine rings is 1. The molecule has 3 rings (SSSR count). The topological polar surface area (TPSA) is 65.0 Å². The third kappa shape index (κ3) is 2.33. The molecular weight excluding hydrogens is 266 g/mol. The highest BCUT2D eigenvalue weighted by Gasteiger charge is 2.14. The van der Waals surface area contributed by atoms with E-state index in [1.807, 2.05) is 13.0 Å². The molecule has 1 aromatic carbocycles. The van der Waals surface area contributed by atoms with Crippen LogP contribution in [-0.4, -0.2) is 28.0 Å². The summed E-state index contributed by atoms with van der Waals surface area (Å²) in [6.45, 7) is 1.99. The Morgan fingerprint density at radius 3 is 2.67 bits per heavy atom. The second-order valence-electron chi connectivity index (χ2n) is 4.63. The van der Waals surface area contributed by atoms with Crippen LogP contribution in [0, 0.1) is 6.92 Å². The standard InChI is InChI=1S/C16H13N3O2/c1-10-3-4-17-9-13(10)12-7-11(16(20)21-2)8-14-15(12)19-6-5-18-14/h3-9H,1-2H3. The van der Waals surface area contributed by atoms with Crippen LogP contribution in [0.5, 0.6) is 0 Å². The predicted molar refractivity (Wildman–Crippen MR) is 78.8 cm³/mol. The van der Waals surface area contributed by atoms with E-state index in [4.69, 9.17) is 4.74 Å². The lowest BCUT2D eigenvalue weighted by atomic mass is 9.99. The minimum atomic E-state index is -0.398. The second-order valence-corrected chi connectivity index (χ2v) is 4.63. The van der Waals surface area contributed by atoms with Crippen molar-refractivity contribution in [3.05, 3.63) is 54.1 Å². The molecule has 0 atom stereocenters. The maximum Gasteiger partial charge on any atom is 0.337 e. The molecule has 0 amide bonds. The zero-order valence-corrected chi connectivity index (χ0v) is 11.7. The van der Waals surface area contributed by atoms with Crippen LogP contribution in [0.15, 0.2) is 43.0 Å². The van der Waals surface area contributed by atoms with Gasteiger partial charge in [0.05, 0.1) is 23.7 Å². The Bertz CT molecular complexity index is 831. The molecule has 2 aromatic heterocycles. The average molecular weight is 279 g/mol. The van der Waals surface area contributed by atoms with Gasteiger partial charge in [0.2, 0.25) is 0 Å². The highest BCUT2D eigenvalue weighted by molar-refractivity contribution is 6.00. The summed E-state index contributed by atoms with van der Waals surface area (Å²) < 4.78 is 4.80. The van der Waals surface area contributed by atoms with E-state index < -0.39 is 5.97 Å². The van der Waals surface area contributed by atoms with Crippen molar-refractivity contribution in [2.45, 2.75) is 6.92 Å². The van der Waals surface area contributed by atoms with Crippen LogP contribution < -0.4 is 0 Å². The second kappa shape index (κ2) is 5.28. The normalized spacial score (nSPS) is 10.6. The van der Waals surface area contributed by atoms with Gasteiger partial charge in [-0.3, -0.25) is 15.0 Å². The van der Waals surface area contributed by atoms with E-state index in [1.165, 1.54) is 7.11 Å². The summed E-state index contributed by atoms with van der Waals surface area (Å²) in [5.74, 6) is -0.398. The lowest BCUT2D eigenvalue weighted by Crippen LogP contribution is -2.03. The van der Waals surface area contributed by atoms with Crippen molar-refractivity contribution in [1.29, 1.82) is 0 Å². The third-order valence-corrected chi connectivity index (χ3v) is 3.32. The first-order valence-corrected chi connectivity index (χ1v) is 6.45. The van der Waals surface area contributed by atoms with E-state index >= 15 is 0 Å². The van der Waals surface area contributed by atoms with Crippen molar-refractivity contribution in [1.82, 2.24) is 15.0 Å². The van der Waals surface area contributed by atoms with Crippen LogP contribution in [0.25, 0.3) is 22.2 Å². The highest BCUT2D eigenvalue weighted by atomic mass is 16.5. The molecular formula is C16H13N3O2. The van der Waals surface area contributed by atoms with Crippen LogP contribution in [0.2, 0.25) is 0 Å². The smallest absolute Gasteiger partial charge is 0.337 e. The van der Waals surface area contributed by atoms with Gasteiger partial charge in [0, 0.05) is 35.9 Å². The van der Waals surface area contributed by atoms with E-state index in [2.05, 4.69) is 15.0 Å². The minimum Gasteiger partial charge on any atom is -0.465 e. The number of methoxy groups -OCH3 is 1. The monoisotopic (exact) mass is 279 g/mol. The molecule has 21 heavy (non-hydrogen) atoms. The summed E-state index contributed by atoms with van der Waals surface area (Å²) in [6.07, 6.45) is 6.73. The Labute approximate surface area is 121 Å². The first-order valence-electron chi connectivity index (χ1n) is 6.45. The fraction of sp³-hybridized carbons (Fsp3) is 0.125. The number of carbonyl (C=O) groups is 1. The van der Waals surface area contributed by atoms with Gasteiger partial charge in [-0.05, 0) is 30.7 Å². The molecule has 0 N–H and O–H groups in total. The van der Waals surface area contributed by atoms with Gasteiger partial charge in [-0.25, -0.2) is 4.79 Å². The molecule has 0 aliphatic rings. The van der Waals surface area contributed by atoms with Gasteiger partial charge in [0.25, 0.3) is 0 Å². The summed E-state index contributed by atoms with van der Waals surface area (Å²) in [5, 5.41) is 0. The molecule has 0 aliphatic carbocycles. The fourth-order valence-electron chi connectivity index (χ4n) is 2.26. The maximum atomic E-state index is 11.8. The molecule has 0 bridgehead atoms. The van der Waals surface area contributed by atoms with E-state index in [-0.39, 0.29) is 0 Å². The molecule has 104 valence electrons. The Morgan fingerprint density at radius 2 is 1.90 bits per heavy atom. The number of esters is 1. The molecule has 0 saturated heterocycles. The van der Waals surface area contributed by atoms with E-state index in [0.717, 1.165) is 22.2 Å². The highest BCUT2D eigenvalue weighted by Crippen LogP contribution is 2.29. The molecule has 0 fully saturated rings. The molecule has 2 heterocycles. The van der Waals surface area contributed by atoms with Crippen molar-refractivity contribution in [3.8, 4) is 11.1 Å². The Kier molecular flexibility index (Phi) is 3.31. The van der Waals surface area contributed by atoms with Gasteiger partial charge in [-0.1, -0.05) is 0 Å². The van der Waals surface area contributed by atoms with Crippen molar-refractivity contribution < 1.29 is 9.53 Å². The Morgan fingerprint density at radius 1 is 1.10 bits per heavy atom. The van der Waals surface area contributed by atoms with Crippen LogP contribution in [0.4, 0.5) is 0 Å². The molecule has 0 radical (unpaired) electrons. The summed E-state index contributed by atoms with van der Waals surface area (Å²) in [6, 6.07) is 5.37. The largest absolute Gasteiger partial charge is 0.465 e. The van der Waals surface area contributed by atoms with Gasteiger partial charge < -0.3 is 4.74 Å². The van der Waals surface area contributed by atoms with Crippen LogP contribution in [-0.2, 0) is 4.74 Å². The average Bonchev–Trinajstić information content (AvgIpc) is 2.53. The minimum absolute atomic E-state index is 0.398. The number of aromatic nitrogens is 3. The number of carbonyl (C=O) groups excluding carboxylic acids is 1. The van der Waals surface area contributed by atoms with Crippen molar-refractivity contribution >= 4 is 17.0 Å². The van der Waals surface area contributed by atoms with Crippen LogP contribution in [0.1, 0.15) is 15.9 Å². The van der Waals surface area contributed by atoms with Crippen LogP contribution in [0.3, 0.4) is 0 Å².